The minimum absolute atomic E-state index is 0.00826. The molecule has 0 heterocycles. The minimum Gasteiger partial charge on any atom is -0.352 e. The second-order valence-electron chi connectivity index (χ2n) is 4.72. The van der Waals surface area contributed by atoms with Gasteiger partial charge in [0.2, 0.25) is 10.0 Å². The van der Waals surface area contributed by atoms with Crippen molar-refractivity contribution in [3.05, 3.63) is 29.6 Å². The monoisotopic (exact) mass is 286 g/mol. The van der Waals surface area contributed by atoms with E-state index in [-0.39, 0.29) is 11.3 Å². The first-order valence-corrected chi connectivity index (χ1v) is 7.80. The average Bonchev–Trinajstić information content (AvgIpc) is 3.10. The third-order valence-corrected chi connectivity index (χ3v) is 3.36. The second-order valence-corrected chi connectivity index (χ2v) is 6.47. The number of halogens is 1. The lowest BCUT2D eigenvalue weighted by Gasteiger charge is -2.11. The number of nitrogens with one attached hydrogen (secondary N) is 2. The number of carbonyl (C=O) groups is 1. The van der Waals surface area contributed by atoms with Gasteiger partial charge < -0.3 is 5.32 Å². The fourth-order valence-corrected chi connectivity index (χ4v) is 2.22. The zero-order valence-electron chi connectivity index (χ0n) is 10.4. The molecule has 104 valence electrons. The molecule has 1 aromatic carbocycles. The van der Waals surface area contributed by atoms with Gasteiger partial charge in [0.15, 0.2) is 0 Å². The molecule has 1 aliphatic rings. The molecule has 1 amide bonds. The van der Waals surface area contributed by atoms with E-state index in [2.05, 4.69) is 10.0 Å². The van der Waals surface area contributed by atoms with E-state index >= 15 is 0 Å². The Morgan fingerprint density at radius 1 is 1.42 bits per heavy atom. The van der Waals surface area contributed by atoms with Gasteiger partial charge in [-0.25, -0.2) is 12.8 Å². The van der Waals surface area contributed by atoms with E-state index < -0.39 is 21.7 Å². The molecular formula is C12H15FN2O3S. The van der Waals surface area contributed by atoms with E-state index in [0.717, 1.165) is 31.2 Å². The van der Waals surface area contributed by atoms with Crippen molar-refractivity contribution in [3.63, 3.8) is 0 Å². The van der Waals surface area contributed by atoms with E-state index in [1.807, 2.05) is 0 Å². The highest BCUT2D eigenvalue weighted by atomic mass is 32.2. The summed E-state index contributed by atoms with van der Waals surface area (Å²) < 4.78 is 37.8. The summed E-state index contributed by atoms with van der Waals surface area (Å²) in [6, 6.07) is 3.36. The van der Waals surface area contributed by atoms with Gasteiger partial charge in [-0.2, -0.15) is 0 Å². The second kappa shape index (κ2) is 5.16. The highest BCUT2D eigenvalue weighted by molar-refractivity contribution is 7.92. The van der Waals surface area contributed by atoms with Gasteiger partial charge in [-0.05, 0) is 37.0 Å². The molecule has 0 bridgehead atoms. The van der Waals surface area contributed by atoms with Crippen LogP contribution in [0.5, 0.6) is 0 Å². The summed E-state index contributed by atoms with van der Waals surface area (Å²) in [5.41, 5.74) is 0.0725. The number of sulfonamides is 1. The fraction of sp³-hybridized carbons (Fsp3) is 0.417. The van der Waals surface area contributed by atoms with Crippen molar-refractivity contribution >= 4 is 21.6 Å². The smallest absolute Gasteiger partial charge is 0.253 e. The van der Waals surface area contributed by atoms with Crippen LogP contribution in [0, 0.1) is 11.7 Å². The third kappa shape index (κ3) is 4.20. The lowest BCUT2D eigenvalue weighted by molar-refractivity contribution is 0.0952. The number of benzene rings is 1. The molecule has 0 saturated heterocycles. The number of carbonyl (C=O) groups excluding carboxylic acids is 1. The van der Waals surface area contributed by atoms with Crippen LogP contribution in [0.4, 0.5) is 10.1 Å². The van der Waals surface area contributed by atoms with Crippen molar-refractivity contribution in [1.82, 2.24) is 5.32 Å². The van der Waals surface area contributed by atoms with Gasteiger partial charge in [0.25, 0.3) is 5.91 Å². The molecule has 2 N–H and O–H groups in total. The third-order valence-electron chi connectivity index (χ3n) is 2.77. The largest absolute Gasteiger partial charge is 0.352 e. The lowest BCUT2D eigenvalue weighted by Crippen LogP contribution is -2.27. The Labute approximate surface area is 111 Å². The number of amides is 1. The zero-order valence-corrected chi connectivity index (χ0v) is 11.3. The molecule has 0 atom stereocenters. The maximum absolute atomic E-state index is 13.2. The van der Waals surface area contributed by atoms with E-state index in [0.29, 0.717) is 12.5 Å². The molecule has 7 heteroatoms. The molecule has 2 rings (SSSR count). The molecule has 0 spiro atoms. The zero-order chi connectivity index (χ0) is 14.0. The average molecular weight is 286 g/mol. The predicted molar refractivity (Wildman–Crippen MR) is 69.9 cm³/mol. The van der Waals surface area contributed by atoms with E-state index in [9.17, 15) is 17.6 Å². The van der Waals surface area contributed by atoms with Crippen LogP contribution in [0.1, 0.15) is 23.2 Å². The predicted octanol–water partition coefficient (Wildman–Crippen LogP) is 1.34. The molecule has 0 aromatic heterocycles. The van der Waals surface area contributed by atoms with Crippen LogP contribution in [0.15, 0.2) is 18.2 Å². The molecule has 1 fully saturated rings. The van der Waals surface area contributed by atoms with Crippen molar-refractivity contribution in [2.75, 3.05) is 17.5 Å². The summed E-state index contributed by atoms with van der Waals surface area (Å²) in [7, 11) is -3.52. The molecule has 1 aliphatic carbocycles. The fourth-order valence-electron chi connectivity index (χ4n) is 1.65. The molecule has 19 heavy (non-hydrogen) atoms. The molecule has 1 saturated carbocycles. The van der Waals surface area contributed by atoms with Crippen molar-refractivity contribution in [1.29, 1.82) is 0 Å². The first kappa shape index (κ1) is 13.8. The summed E-state index contributed by atoms with van der Waals surface area (Å²) in [5, 5.41) is 2.67. The quantitative estimate of drug-likeness (QED) is 0.857. The number of hydrogen-bond acceptors (Lipinski definition) is 3. The Morgan fingerprint density at radius 3 is 2.68 bits per heavy atom. The molecular weight excluding hydrogens is 271 g/mol. The molecule has 1 aromatic rings. The Hall–Kier alpha value is -1.63. The normalized spacial score (nSPS) is 15.1. The van der Waals surface area contributed by atoms with Gasteiger partial charge in [0.05, 0.1) is 17.5 Å². The van der Waals surface area contributed by atoms with Crippen LogP contribution >= 0.6 is 0 Å². The van der Waals surface area contributed by atoms with Crippen molar-refractivity contribution in [3.8, 4) is 0 Å². The Balaban J connectivity index is 2.20. The Kier molecular flexibility index (Phi) is 3.75. The van der Waals surface area contributed by atoms with E-state index in [1.54, 1.807) is 0 Å². The standard InChI is InChI=1S/C12H15FN2O3S/c1-19(17,18)15-11-5-4-9(13)6-10(11)12(16)14-7-8-2-3-8/h4-6,8,15H,2-3,7H2,1H3,(H,14,16). The molecule has 0 unspecified atom stereocenters. The Bertz CT molecular complexity index is 597. The lowest BCUT2D eigenvalue weighted by atomic mass is 10.1. The Morgan fingerprint density at radius 2 is 2.11 bits per heavy atom. The van der Waals surface area contributed by atoms with Crippen LogP contribution in [-0.4, -0.2) is 27.1 Å². The first-order chi connectivity index (χ1) is 8.85. The number of anilines is 1. The number of rotatable bonds is 5. The SMILES string of the molecule is CS(=O)(=O)Nc1ccc(F)cc1C(=O)NCC1CC1. The number of hydrogen-bond donors (Lipinski definition) is 2. The van der Waals surface area contributed by atoms with Crippen LogP contribution in [0.25, 0.3) is 0 Å². The minimum atomic E-state index is -3.52. The van der Waals surface area contributed by atoms with Gasteiger partial charge in [-0.1, -0.05) is 0 Å². The summed E-state index contributed by atoms with van der Waals surface area (Å²) in [6.07, 6.45) is 3.14. The maximum atomic E-state index is 13.2. The topological polar surface area (TPSA) is 75.3 Å². The summed E-state index contributed by atoms with van der Waals surface area (Å²) in [6.45, 7) is 0.535. The van der Waals surface area contributed by atoms with Gasteiger partial charge >= 0.3 is 0 Å². The van der Waals surface area contributed by atoms with Crippen LogP contribution in [0.3, 0.4) is 0 Å². The van der Waals surface area contributed by atoms with Crippen LogP contribution < -0.4 is 10.0 Å². The summed E-state index contributed by atoms with van der Waals surface area (Å²) in [4.78, 5) is 11.9. The van der Waals surface area contributed by atoms with Crippen molar-refractivity contribution in [2.24, 2.45) is 5.92 Å². The van der Waals surface area contributed by atoms with Crippen molar-refractivity contribution < 1.29 is 17.6 Å². The van der Waals surface area contributed by atoms with Crippen LogP contribution in [-0.2, 0) is 10.0 Å². The van der Waals surface area contributed by atoms with Gasteiger partial charge in [0.1, 0.15) is 5.82 Å². The molecule has 0 aliphatic heterocycles. The van der Waals surface area contributed by atoms with E-state index in [4.69, 9.17) is 0 Å². The van der Waals surface area contributed by atoms with E-state index in [1.165, 1.54) is 6.07 Å². The van der Waals surface area contributed by atoms with Crippen LogP contribution in [0.2, 0.25) is 0 Å². The highest BCUT2D eigenvalue weighted by Crippen LogP contribution is 2.28. The molecule has 5 nitrogen and oxygen atoms in total. The van der Waals surface area contributed by atoms with Gasteiger partial charge in [-0.3, -0.25) is 9.52 Å². The molecule has 0 radical (unpaired) electrons. The highest BCUT2D eigenvalue weighted by Gasteiger charge is 2.23. The summed E-state index contributed by atoms with van der Waals surface area (Å²) in [5.74, 6) is -0.572. The van der Waals surface area contributed by atoms with Gasteiger partial charge in [0, 0.05) is 6.54 Å². The first-order valence-electron chi connectivity index (χ1n) is 5.91. The maximum Gasteiger partial charge on any atom is 0.253 e. The van der Waals surface area contributed by atoms with Gasteiger partial charge in [-0.15, -0.1) is 0 Å². The summed E-state index contributed by atoms with van der Waals surface area (Å²) >= 11 is 0. The van der Waals surface area contributed by atoms with Crippen molar-refractivity contribution in [2.45, 2.75) is 12.8 Å².